The Morgan fingerprint density at radius 1 is 1.00 bits per heavy atom. The van der Waals surface area contributed by atoms with E-state index in [1.165, 1.54) is 11.1 Å². The fraction of sp³-hybridized carbons (Fsp3) is 0.222. The van der Waals surface area contributed by atoms with Crippen LogP contribution in [-0.2, 0) is 6.42 Å². The van der Waals surface area contributed by atoms with E-state index in [0.717, 1.165) is 35.0 Å². The highest BCUT2D eigenvalue weighted by Gasteiger charge is 2.06. The Kier molecular flexibility index (Phi) is 3.92. The van der Waals surface area contributed by atoms with E-state index in [-0.39, 0.29) is 0 Å². The lowest BCUT2D eigenvalue weighted by molar-refractivity contribution is 0.946. The second-order valence-electron chi connectivity index (χ2n) is 5.54. The summed E-state index contributed by atoms with van der Waals surface area (Å²) in [4.78, 5) is 4.48. The molecule has 0 aliphatic rings. The zero-order chi connectivity index (χ0) is 15.5. The topological polar surface area (TPSA) is 53.6 Å². The molecule has 0 bridgehead atoms. The molecule has 0 radical (unpaired) electrons. The third kappa shape index (κ3) is 3.17. The number of aromatic amines is 1. The molecule has 3 rings (SSSR count). The molecule has 112 valence electrons. The van der Waals surface area contributed by atoms with Crippen molar-refractivity contribution in [3.63, 3.8) is 0 Å². The molecule has 3 aromatic rings. The third-order valence-electron chi connectivity index (χ3n) is 3.50. The minimum Gasteiger partial charge on any atom is -0.355 e. The van der Waals surface area contributed by atoms with Crippen molar-refractivity contribution in [3.8, 4) is 11.4 Å². The molecule has 0 amide bonds. The van der Waals surface area contributed by atoms with Crippen molar-refractivity contribution in [2.75, 3.05) is 5.32 Å². The van der Waals surface area contributed by atoms with Crippen molar-refractivity contribution < 1.29 is 0 Å². The number of hydrogen-bond donors (Lipinski definition) is 2. The Balaban J connectivity index is 1.87. The van der Waals surface area contributed by atoms with E-state index in [4.69, 9.17) is 0 Å². The van der Waals surface area contributed by atoms with E-state index >= 15 is 0 Å². The molecule has 0 aliphatic carbocycles. The van der Waals surface area contributed by atoms with E-state index in [1.807, 2.05) is 12.1 Å². The monoisotopic (exact) mass is 292 g/mol. The van der Waals surface area contributed by atoms with E-state index in [9.17, 15) is 0 Å². The lowest BCUT2D eigenvalue weighted by atomic mass is 10.1. The summed E-state index contributed by atoms with van der Waals surface area (Å²) in [6.07, 6.45) is 0.855. The molecule has 0 spiro atoms. The first-order valence-corrected chi connectivity index (χ1v) is 7.51. The smallest absolute Gasteiger partial charge is 0.181 e. The highest BCUT2D eigenvalue weighted by atomic mass is 15.2. The summed E-state index contributed by atoms with van der Waals surface area (Å²) >= 11 is 0. The Labute approximate surface area is 130 Å². The number of anilines is 2. The van der Waals surface area contributed by atoms with E-state index in [1.54, 1.807) is 0 Å². The standard InChI is InChI=1S/C18H20N4/c1-4-17-20-18(22-21-17)14-6-5-7-15(11-14)19-16-9-12(2)8-13(3)10-16/h5-11,19H,4H2,1-3H3,(H,20,21,22). The first kappa shape index (κ1) is 14.3. The molecule has 0 fully saturated rings. The zero-order valence-corrected chi connectivity index (χ0v) is 13.1. The lowest BCUT2D eigenvalue weighted by Gasteiger charge is -2.09. The van der Waals surface area contributed by atoms with Crippen LogP contribution in [0.5, 0.6) is 0 Å². The number of benzene rings is 2. The summed E-state index contributed by atoms with van der Waals surface area (Å²) in [6.45, 7) is 6.27. The Bertz CT molecular complexity index is 769. The van der Waals surface area contributed by atoms with Crippen molar-refractivity contribution in [1.29, 1.82) is 0 Å². The molecule has 4 heteroatoms. The van der Waals surface area contributed by atoms with Gasteiger partial charge in [0.05, 0.1) is 0 Å². The SMILES string of the molecule is CCc1nc(-c2cccc(Nc3cc(C)cc(C)c3)c2)n[nH]1. The minimum atomic E-state index is 0.737. The molecule has 2 N–H and O–H groups in total. The van der Waals surface area contributed by atoms with Gasteiger partial charge in [-0.1, -0.05) is 25.1 Å². The van der Waals surface area contributed by atoms with Gasteiger partial charge >= 0.3 is 0 Å². The molecule has 0 atom stereocenters. The van der Waals surface area contributed by atoms with Crippen LogP contribution < -0.4 is 5.32 Å². The predicted molar refractivity (Wildman–Crippen MR) is 90.4 cm³/mol. The van der Waals surface area contributed by atoms with Crippen LogP contribution in [-0.4, -0.2) is 15.2 Å². The molecule has 4 nitrogen and oxygen atoms in total. The average molecular weight is 292 g/mol. The number of aryl methyl sites for hydroxylation is 3. The highest BCUT2D eigenvalue weighted by molar-refractivity contribution is 5.67. The number of nitrogens with zero attached hydrogens (tertiary/aromatic N) is 2. The van der Waals surface area contributed by atoms with Crippen LogP contribution in [0.4, 0.5) is 11.4 Å². The number of aromatic nitrogens is 3. The molecule has 0 saturated heterocycles. The number of rotatable bonds is 4. The largest absolute Gasteiger partial charge is 0.355 e. The zero-order valence-electron chi connectivity index (χ0n) is 13.1. The minimum absolute atomic E-state index is 0.737. The van der Waals surface area contributed by atoms with Crippen LogP contribution in [0.15, 0.2) is 42.5 Å². The molecule has 1 heterocycles. The number of hydrogen-bond acceptors (Lipinski definition) is 3. The molecule has 0 saturated carbocycles. The normalized spacial score (nSPS) is 10.7. The van der Waals surface area contributed by atoms with Crippen molar-refractivity contribution >= 4 is 11.4 Å². The molecular weight excluding hydrogens is 272 g/mol. The van der Waals surface area contributed by atoms with Crippen LogP contribution in [0.1, 0.15) is 23.9 Å². The van der Waals surface area contributed by atoms with E-state index in [2.05, 4.69) is 71.6 Å². The average Bonchev–Trinajstić information content (AvgIpc) is 2.95. The molecular formula is C18H20N4. The Hall–Kier alpha value is -2.62. The van der Waals surface area contributed by atoms with Crippen molar-refractivity contribution in [1.82, 2.24) is 15.2 Å². The van der Waals surface area contributed by atoms with Gasteiger partial charge in [-0.3, -0.25) is 5.10 Å². The van der Waals surface area contributed by atoms with Gasteiger partial charge in [-0.25, -0.2) is 4.98 Å². The van der Waals surface area contributed by atoms with Gasteiger partial charge in [0.1, 0.15) is 5.82 Å². The second-order valence-corrected chi connectivity index (χ2v) is 5.54. The van der Waals surface area contributed by atoms with Crippen LogP contribution in [0.3, 0.4) is 0 Å². The third-order valence-corrected chi connectivity index (χ3v) is 3.50. The van der Waals surface area contributed by atoms with Crippen LogP contribution in [0.25, 0.3) is 11.4 Å². The van der Waals surface area contributed by atoms with Gasteiger partial charge in [0.2, 0.25) is 0 Å². The van der Waals surface area contributed by atoms with Gasteiger partial charge in [-0.15, -0.1) is 0 Å². The fourth-order valence-corrected chi connectivity index (χ4v) is 2.53. The first-order chi connectivity index (χ1) is 10.6. The summed E-state index contributed by atoms with van der Waals surface area (Å²) in [6, 6.07) is 14.6. The summed E-state index contributed by atoms with van der Waals surface area (Å²) < 4.78 is 0. The Morgan fingerprint density at radius 3 is 2.45 bits per heavy atom. The van der Waals surface area contributed by atoms with Gasteiger partial charge in [0.15, 0.2) is 5.82 Å². The van der Waals surface area contributed by atoms with Crippen molar-refractivity contribution in [2.45, 2.75) is 27.2 Å². The first-order valence-electron chi connectivity index (χ1n) is 7.51. The van der Waals surface area contributed by atoms with Crippen molar-refractivity contribution in [2.24, 2.45) is 0 Å². The summed E-state index contributed by atoms with van der Waals surface area (Å²) in [5.41, 5.74) is 5.63. The number of nitrogens with one attached hydrogen (secondary N) is 2. The fourth-order valence-electron chi connectivity index (χ4n) is 2.53. The molecule has 2 aromatic carbocycles. The van der Waals surface area contributed by atoms with Crippen LogP contribution in [0.2, 0.25) is 0 Å². The van der Waals surface area contributed by atoms with Gasteiger partial charge < -0.3 is 5.32 Å². The van der Waals surface area contributed by atoms with Gasteiger partial charge in [-0.2, -0.15) is 5.10 Å². The van der Waals surface area contributed by atoms with E-state index < -0.39 is 0 Å². The summed E-state index contributed by atoms with van der Waals surface area (Å²) in [7, 11) is 0. The summed E-state index contributed by atoms with van der Waals surface area (Å²) in [5, 5.41) is 10.7. The van der Waals surface area contributed by atoms with Crippen LogP contribution >= 0.6 is 0 Å². The van der Waals surface area contributed by atoms with E-state index in [0.29, 0.717) is 0 Å². The van der Waals surface area contributed by atoms with Crippen LogP contribution in [0, 0.1) is 13.8 Å². The second kappa shape index (κ2) is 6.02. The molecule has 1 aromatic heterocycles. The molecule has 0 aliphatic heterocycles. The number of H-pyrrole nitrogens is 1. The highest BCUT2D eigenvalue weighted by Crippen LogP contribution is 2.23. The maximum atomic E-state index is 4.48. The Morgan fingerprint density at radius 2 is 1.77 bits per heavy atom. The molecule has 22 heavy (non-hydrogen) atoms. The lowest BCUT2D eigenvalue weighted by Crippen LogP contribution is -1.92. The summed E-state index contributed by atoms with van der Waals surface area (Å²) in [5.74, 6) is 1.64. The maximum absolute atomic E-state index is 4.48. The quantitative estimate of drug-likeness (QED) is 0.749. The van der Waals surface area contributed by atoms with Crippen molar-refractivity contribution in [3.05, 3.63) is 59.4 Å². The maximum Gasteiger partial charge on any atom is 0.181 e. The predicted octanol–water partition coefficient (Wildman–Crippen LogP) is 4.39. The molecule has 0 unspecified atom stereocenters. The van der Waals surface area contributed by atoms with Gasteiger partial charge in [-0.05, 0) is 49.2 Å². The van der Waals surface area contributed by atoms with Gasteiger partial charge in [0.25, 0.3) is 0 Å². The van der Waals surface area contributed by atoms with Gasteiger partial charge in [0, 0.05) is 23.4 Å².